The minimum atomic E-state index is 0.155. The summed E-state index contributed by atoms with van der Waals surface area (Å²) in [5, 5.41) is 8.29. The molecule has 96 valence electrons. The zero-order chi connectivity index (χ0) is 13.0. The third kappa shape index (κ3) is 2.71. The number of hydrogen-bond donors (Lipinski definition) is 1. The van der Waals surface area contributed by atoms with Crippen molar-refractivity contribution < 1.29 is 0 Å². The summed E-state index contributed by atoms with van der Waals surface area (Å²) in [7, 11) is 1.94. The first kappa shape index (κ1) is 13.1. The van der Waals surface area contributed by atoms with E-state index >= 15 is 0 Å². The molecule has 2 aromatic rings. The van der Waals surface area contributed by atoms with Gasteiger partial charge in [-0.3, -0.25) is 9.67 Å². The Labute approximate surface area is 112 Å². The summed E-state index contributed by atoms with van der Waals surface area (Å²) in [6, 6.07) is 4.19. The lowest BCUT2D eigenvalue weighted by atomic mass is 10.0. The molecule has 0 saturated carbocycles. The van der Waals surface area contributed by atoms with E-state index < -0.39 is 0 Å². The van der Waals surface area contributed by atoms with Gasteiger partial charge < -0.3 is 5.32 Å². The molecule has 0 amide bonds. The lowest BCUT2D eigenvalue weighted by molar-refractivity contribution is 0.513. The number of rotatable bonds is 5. The molecule has 0 fully saturated rings. The van der Waals surface area contributed by atoms with E-state index in [1.165, 1.54) is 5.56 Å². The Kier molecular flexibility index (Phi) is 4.33. The number of nitrogens with zero attached hydrogens (tertiary/aromatic N) is 3. The first-order valence-corrected chi connectivity index (χ1v) is 6.41. The van der Waals surface area contributed by atoms with Crippen molar-refractivity contribution in [3.63, 3.8) is 0 Å². The lowest BCUT2D eigenvalue weighted by Crippen LogP contribution is -2.22. The van der Waals surface area contributed by atoms with Gasteiger partial charge in [0, 0.05) is 18.9 Å². The van der Waals surface area contributed by atoms with Crippen LogP contribution in [0.15, 0.2) is 30.7 Å². The predicted octanol–water partition coefficient (Wildman–Crippen LogP) is 2.45. The molecule has 4 nitrogen and oxygen atoms in total. The summed E-state index contributed by atoms with van der Waals surface area (Å²) in [5.41, 5.74) is 2.27. The van der Waals surface area contributed by atoms with Crippen molar-refractivity contribution in [2.75, 3.05) is 7.05 Å². The van der Waals surface area contributed by atoms with Gasteiger partial charge in [0.2, 0.25) is 0 Å². The number of nitrogens with one attached hydrogen (secondary N) is 1. The number of aryl methyl sites for hydroxylation is 1. The summed E-state index contributed by atoms with van der Waals surface area (Å²) in [6.45, 7) is 2.88. The Bertz CT molecular complexity index is 495. The molecule has 0 radical (unpaired) electrons. The second kappa shape index (κ2) is 5.98. The van der Waals surface area contributed by atoms with Gasteiger partial charge in [-0.1, -0.05) is 11.6 Å². The van der Waals surface area contributed by atoms with Crippen LogP contribution in [-0.2, 0) is 13.0 Å². The molecule has 18 heavy (non-hydrogen) atoms. The maximum absolute atomic E-state index is 6.23. The fourth-order valence-electron chi connectivity index (χ4n) is 2.06. The number of aromatic nitrogens is 3. The molecule has 1 unspecified atom stereocenters. The van der Waals surface area contributed by atoms with Gasteiger partial charge in [0.05, 0.1) is 23.0 Å². The molecular formula is C13H17ClN4. The average molecular weight is 265 g/mol. The molecule has 2 heterocycles. The van der Waals surface area contributed by atoms with Crippen molar-refractivity contribution in [2.24, 2.45) is 0 Å². The molecule has 1 N–H and O–H groups in total. The van der Waals surface area contributed by atoms with Crippen molar-refractivity contribution in [1.82, 2.24) is 20.1 Å². The summed E-state index contributed by atoms with van der Waals surface area (Å²) in [6.07, 6.45) is 6.18. The quantitative estimate of drug-likeness (QED) is 0.902. The van der Waals surface area contributed by atoms with Gasteiger partial charge in [-0.2, -0.15) is 5.10 Å². The van der Waals surface area contributed by atoms with E-state index in [0.29, 0.717) is 5.02 Å². The van der Waals surface area contributed by atoms with Crippen LogP contribution in [0.4, 0.5) is 0 Å². The molecule has 0 aliphatic carbocycles. The van der Waals surface area contributed by atoms with Crippen LogP contribution >= 0.6 is 11.6 Å². The van der Waals surface area contributed by atoms with Crippen molar-refractivity contribution in [1.29, 1.82) is 0 Å². The van der Waals surface area contributed by atoms with Gasteiger partial charge in [-0.25, -0.2) is 0 Å². The lowest BCUT2D eigenvalue weighted by Gasteiger charge is -2.18. The zero-order valence-corrected chi connectivity index (χ0v) is 11.4. The maximum atomic E-state index is 6.23. The molecule has 1 atom stereocenters. The fourth-order valence-corrected chi connectivity index (χ4v) is 2.33. The standard InChI is InChI=1S/C13H17ClN4/c1-3-18-13(11(14)9-17-18)12(15-2)8-10-4-6-16-7-5-10/h4-7,9,12,15H,3,8H2,1-2H3. The van der Waals surface area contributed by atoms with E-state index in [2.05, 4.69) is 22.3 Å². The normalized spacial score (nSPS) is 12.6. The molecule has 2 aromatic heterocycles. The average Bonchev–Trinajstić information content (AvgIpc) is 2.78. The van der Waals surface area contributed by atoms with Gasteiger partial charge >= 0.3 is 0 Å². The van der Waals surface area contributed by atoms with Crippen LogP contribution in [-0.4, -0.2) is 21.8 Å². The zero-order valence-electron chi connectivity index (χ0n) is 10.6. The topological polar surface area (TPSA) is 42.7 Å². The van der Waals surface area contributed by atoms with Crippen molar-refractivity contribution in [3.8, 4) is 0 Å². The molecule has 0 aliphatic heterocycles. The minimum Gasteiger partial charge on any atom is -0.311 e. The Morgan fingerprint density at radius 1 is 1.39 bits per heavy atom. The monoisotopic (exact) mass is 264 g/mol. The Hall–Kier alpha value is -1.39. The first-order valence-electron chi connectivity index (χ1n) is 6.03. The predicted molar refractivity (Wildman–Crippen MR) is 72.7 cm³/mol. The molecular weight excluding hydrogens is 248 g/mol. The van der Waals surface area contributed by atoms with Crippen molar-refractivity contribution in [2.45, 2.75) is 25.9 Å². The number of likely N-dealkylation sites (N-methyl/N-ethyl adjacent to an activating group) is 1. The molecule has 5 heteroatoms. The van der Waals surface area contributed by atoms with Crippen LogP contribution in [0.1, 0.15) is 24.2 Å². The summed E-state index contributed by atoms with van der Waals surface area (Å²) in [4.78, 5) is 4.03. The van der Waals surface area contributed by atoms with Crippen LogP contribution < -0.4 is 5.32 Å². The fraction of sp³-hybridized carbons (Fsp3) is 0.385. The van der Waals surface area contributed by atoms with E-state index in [9.17, 15) is 0 Å². The molecule has 0 aromatic carbocycles. The number of hydrogen-bond acceptors (Lipinski definition) is 3. The third-order valence-corrected chi connectivity index (χ3v) is 3.29. The SMILES string of the molecule is CCn1ncc(Cl)c1C(Cc1ccncc1)NC. The largest absolute Gasteiger partial charge is 0.311 e. The van der Waals surface area contributed by atoms with Gasteiger partial charge in [0.15, 0.2) is 0 Å². The minimum absolute atomic E-state index is 0.155. The summed E-state index contributed by atoms with van der Waals surface area (Å²) in [5.74, 6) is 0. The number of pyridine rings is 1. The van der Waals surface area contributed by atoms with Crippen molar-refractivity contribution >= 4 is 11.6 Å². The molecule has 2 rings (SSSR count). The van der Waals surface area contributed by atoms with E-state index in [1.807, 2.05) is 23.9 Å². The summed E-state index contributed by atoms with van der Waals surface area (Å²) >= 11 is 6.23. The van der Waals surface area contributed by atoms with E-state index in [1.54, 1.807) is 18.6 Å². The van der Waals surface area contributed by atoms with E-state index in [4.69, 9.17) is 11.6 Å². The second-order valence-corrected chi connectivity index (χ2v) is 4.50. The van der Waals surface area contributed by atoms with Crippen LogP contribution in [0.5, 0.6) is 0 Å². The van der Waals surface area contributed by atoms with Crippen molar-refractivity contribution in [3.05, 3.63) is 47.0 Å². The van der Waals surface area contributed by atoms with Crippen LogP contribution in [0.3, 0.4) is 0 Å². The third-order valence-electron chi connectivity index (χ3n) is 3.00. The molecule has 0 aliphatic rings. The Balaban J connectivity index is 2.25. The van der Waals surface area contributed by atoms with Gasteiger partial charge in [-0.15, -0.1) is 0 Å². The maximum Gasteiger partial charge on any atom is 0.0834 e. The Morgan fingerprint density at radius 3 is 2.72 bits per heavy atom. The molecule has 0 bridgehead atoms. The van der Waals surface area contributed by atoms with Crippen LogP contribution in [0, 0.1) is 0 Å². The first-order chi connectivity index (χ1) is 8.76. The van der Waals surface area contributed by atoms with Gasteiger partial charge in [-0.05, 0) is 38.1 Å². The number of halogens is 1. The smallest absolute Gasteiger partial charge is 0.0834 e. The summed E-state index contributed by atoms with van der Waals surface area (Å²) < 4.78 is 1.94. The van der Waals surface area contributed by atoms with Gasteiger partial charge in [0.25, 0.3) is 0 Å². The molecule has 0 spiro atoms. The highest BCUT2D eigenvalue weighted by Gasteiger charge is 2.18. The van der Waals surface area contributed by atoms with Gasteiger partial charge in [0.1, 0.15) is 0 Å². The van der Waals surface area contributed by atoms with E-state index in [0.717, 1.165) is 18.7 Å². The van der Waals surface area contributed by atoms with Crippen LogP contribution in [0.2, 0.25) is 5.02 Å². The van der Waals surface area contributed by atoms with Crippen LogP contribution in [0.25, 0.3) is 0 Å². The molecule has 0 saturated heterocycles. The Morgan fingerprint density at radius 2 is 2.11 bits per heavy atom. The van der Waals surface area contributed by atoms with E-state index in [-0.39, 0.29) is 6.04 Å². The highest BCUT2D eigenvalue weighted by Crippen LogP contribution is 2.25. The highest BCUT2D eigenvalue weighted by atomic mass is 35.5. The highest BCUT2D eigenvalue weighted by molar-refractivity contribution is 6.31. The second-order valence-electron chi connectivity index (χ2n) is 4.09.